The summed E-state index contributed by atoms with van der Waals surface area (Å²) >= 11 is 0. The third-order valence-corrected chi connectivity index (χ3v) is 3.38. The molecule has 2 rings (SSSR count). The summed E-state index contributed by atoms with van der Waals surface area (Å²) in [6, 6.07) is 3.76. The first-order valence-corrected chi connectivity index (χ1v) is 5.77. The second kappa shape index (κ2) is 4.53. The molecule has 102 valence electrons. The van der Waals surface area contributed by atoms with Gasteiger partial charge in [-0.2, -0.15) is 0 Å². The van der Waals surface area contributed by atoms with Crippen LogP contribution in [0.25, 0.3) is 0 Å². The van der Waals surface area contributed by atoms with E-state index in [0.29, 0.717) is 18.6 Å². The van der Waals surface area contributed by atoms with Crippen LogP contribution >= 0.6 is 0 Å². The Kier molecular flexibility index (Phi) is 3.18. The van der Waals surface area contributed by atoms with Gasteiger partial charge in [-0.1, -0.05) is 0 Å². The molecular formula is C13H14FNO4. The maximum atomic E-state index is 13.3. The van der Waals surface area contributed by atoms with E-state index in [-0.39, 0.29) is 5.69 Å². The van der Waals surface area contributed by atoms with Crippen LogP contribution in [0.5, 0.6) is 5.75 Å². The zero-order valence-electron chi connectivity index (χ0n) is 10.6. The minimum atomic E-state index is -1.36. The standard InChI is InChI=1S/C13H14FNO4/c1-15(11(16)13(5-6-13)12(17)18)9-7-8(14)3-4-10(9)19-2/h3-4,7H,5-6H2,1-2H3,(H,17,18). The fraction of sp³-hybridized carbons (Fsp3) is 0.385. The molecule has 0 atom stereocenters. The predicted molar refractivity (Wildman–Crippen MR) is 65.7 cm³/mol. The third kappa shape index (κ3) is 2.14. The molecule has 1 aliphatic carbocycles. The van der Waals surface area contributed by atoms with Crippen molar-refractivity contribution in [2.45, 2.75) is 12.8 Å². The summed E-state index contributed by atoms with van der Waals surface area (Å²) in [4.78, 5) is 24.5. The van der Waals surface area contributed by atoms with Crippen molar-refractivity contribution in [1.82, 2.24) is 0 Å². The molecule has 5 nitrogen and oxygen atoms in total. The summed E-state index contributed by atoms with van der Waals surface area (Å²) in [5.41, 5.74) is -1.13. The lowest BCUT2D eigenvalue weighted by Crippen LogP contribution is -2.38. The number of hydrogen-bond acceptors (Lipinski definition) is 3. The van der Waals surface area contributed by atoms with E-state index >= 15 is 0 Å². The molecule has 0 aliphatic heterocycles. The fourth-order valence-corrected chi connectivity index (χ4v) is 2.00. The number of carbonyl (C=O) groups is 2. The summed E-state index contributed by atoms with van der Waals surface area (Å²) in [6.07, 6.45) is 0.617. The van der Waals surface area contributed by atoms with E-state index in [2.05, 4.69) is 0 Å². The van der Waals surface area contributed by atoms with E-state index in [9.17, 15) is 14.0 Å². The number of aliphatic carboxylic acids is 1. The van der Waals surface area contributed by atoms with Crippen molar-refractivity contribution in [3.05, 3.63) is 24.0 Å². The number of anilines is 1. The number of benzene rings is 1. The highest BCUT2D eigenvalue weighted by atomic mass is 19.1. The lowest BCUT2D eigenvalue weighted by Gasteiger charge is -2.23. The van der Waals surface area contributed by atoms with E-state index in [1.807, 2.05) is 0 Å². The van der Waals surface area contributed by atoms with E-state index in [1.54, 1.807) is 0 Å². The van der Waals surface area contributed by atoms with Crippen molar-refractivity contribution < 1.29 is 23.8 Å². The average Bonchev–Trinajstić information content (AvgIpc) is 3.18. The number of rotatable bonds is 4. The maximum Gasteiger partial charge on any atom is 0.319 e. The van der Waals surface area contributed by atoms with Gasteiger partial charge in [0, 0.05) is 13.1 Å². The second-order valence-electron chi connectivity index (χ2n) is 4.57. The summed E-state index contributed by atoms with van der Waals surface area (Å²) in [7, 11) is 2.82. The molecule has 0 heterocycles. The molecule has 0 radical (unpaired) electrons. The highest BCUT2D eigenvalue weighted by Gasteiger charge is 2.58. The molecule has 0 bridgehead atoms. The maximum absolute atomic E-state index is 13.3. The van der Waals surface area contributed by atoms with Crippen molar-refractivity contribution in [2.75, 3.05) is 19.1 Å². The van der Waals surface area contributed by atoms with Gasteiger partial charge in [0.15, 0.2) is 0 Å². The van der Waals surface area contributed by atoms with Crippen LogP contribution in [0.1, 0.15) is 12.8 Å². The molecule has 0 unspecified atom stereocenters. The van der Waals surface area contributed by atoms with Crippen molar-refractivity contribution in [2.24, 2.45) is 5.41 Å². The summed E-state index contributed by atoms with van der Waals surface area (Å²) in [6.45, 7) is 0. The number of nitrogens with zero attached hydrogens (tertiary/aromatic N) is 1. The van der Waals surface area contributed by atoms with Gasteiger partial charge in [-0.15, -0.1) is 0 Å². The number of methoxy groups -OCH3 is 1. The first-order valence-electron chi connectivity index (χ1n) is 5.77. The summed E-state index contributed by atoms with van der Waals surface area (Å²) in [5.74, 6) is -1.89. The van der Waals surface area contributed by atoms with Gasteiger partial charge >= 0.3 is 5.97 Å². The Bertz CT molecular complexity index is 539. The monoisotopic (exact) mass is 267 g/mol. The number of halogens is 1. The number of carboxylic acid groups (broad SMARTS) is 1. The van der Waals surface area contributed by atoms with Gasteiger partial charge in [-0.25, -0.2) is 4.39 Å². The number of hydrogen-bond donors (Lipinski definition) is 1. The third-order valence-electron chi connectivity index (χ3n) is 3.38. The van der Waals surface area contributed by atoms with E-state index in [1.165, 1.54) is 26.3 Å². The molecule has 0 spiro atoms. The van der Waals surface area contributed by atoms with Crippen LogP contribution < -0.4 is 9.64 Å². The minimum Gasteiger partial charge on any atom is -0.495 e. The molecule has 1 saturated carbocycles. The van der Waals surface area contributed by atoms with Crippen LogP contribution in [0.3, 0.4) is 0 Å². The van der Waals surface area contributed by atoms with Gasteiger partial charge in [0.05, 0.1) is 12.8 Å². The highest BCUT2D eigenvalue weighted by Crippen LogP contribution is 2.48. The molecule has 19 heavy (non-hydrogen) atoms. The van der Waals surface area contributed by atoms with Crippen LogP contribution in [0.15, 0.2) is 18.2 Å². The van der Waals surface area contributed by atoms with Gasteiger partial charge in [-0.05, 0) is 25.0 Å². The number of carbonyl (C=O) groups excluding carboxylic acids is 1. The molecule has 1 N–H and O–H groups in total. The molecule has 1 amide bonds. The molecule has 1 fully saturated rings. The van der Waals surface area contributed by atoms with Gasteiger partial charge in [0.25, 0.3) is 0 Å². The fourth-order valence-electron chi connectivity index (χ4n) is 2.00. The van der Waals surface area contributed by atoms with Crippen LogP contribution in [-0.4, -0.2) is 31.1 Å². The lowest BCUT2D eigenvalue weighted by molar-refractivity contribution is -0.148. The zero-order chi connectivity index (χ0) is 14.2. The van der Waals surface area contributed by atoms with Crippen LogP contribution in [0, 0.1) is 11.2 Å². The SMILES string of the molecule is COc1ccc(F)cc1N(C)C(=O)C1(C(=O)O)CC1. The number of amides is 1. The smallest absolute Gasteiger partial charge is 0.319 e. The van der Waals surface area contributed by atoms with Gasteiger partial charge in [0.1, 0.15) is 17.0 Å². The molecule has 0 aromatic heterocycles. The van der Waals surface area contributed by atoms with Crippen LogP contribution in [0.2, 0.25) is 0 Å². The highest BCUT2D eigenvalue weighted by molar-refractivity contribution is 6.12. The number of ether oxygens (including phenoxy) is 1. The van der Waals surface area contributed by atoms with E-state index < -0.39 is 23.1 Å². The Balaban J connectivity index is 2.34. The summed E-state index contributed by atoms with van der Waals surface area (Å²) < 4.78 is 18.3. The topological polar surface area (TPSA) is 66.8 Å². The van der Waals surface area contributed by atoms with Crippen molar-refractivity contribution in [3.8, 4) is 5.75 Å². The van der Waals surface area contributed by atoms with Gasteiger partial charge < -0.3 is 14.7 Å². The molecule has 6 heteroatoms. The van der Waals surface area contributed by atoms with Gasteiger partial charge in [0.2, 0.25) is 5.91 Å². The average molecular weight is 267 g/mol. The van der Waals surface area contributed by atoms with E-state index in [4.69, 9.17) is 9.84 Å². The van der Waals surface area contributed by atoms with Gasteiger partial charge in [-0.3, -0.25) is 9.59 Å². The molecule has 1 aliphatic rings. The second-order valence-corrected chi connectivity index (χ2v) is 4.57. The summed E-state index contributed by atoms with van der Waals surface area (Å²) in [5, 5.41) is 9.10. The van der Waals surface area contributed by atoms with Crippen LogP contribution in [-0.2, 0) is 9.59 Å². The van der Waals surface area contributed by atoms with Crippen LogP contribution in [0.4, 0.5) is 10.1 Å². The normalized spacial score (nSPS) is 15.7. The Morgan fingerprint density at radius 2 is 2.05 bits per heavy atom. The Morgan fingerprint density at radius 1 is 1.42 bits per heavy atom. The first kappa shape index (κ1) is 13.3. The Labute approximate surface area is 109 Å². The molecular weight excluding hydrogens is 253 g/mol. The molecule has 0 saturated heterocycles. The minimum absolute atomic E-state index is 0.222. The van der Waals surface area contributed by atoms with Crippen molar-refractivity contribution in [1.29, 1.82) is 0 Å². The first-order chi connectivity index (χ1) is 8.92. The van der Waals surface area contributed by atoms with E-state index in [0.717, 1.165) is 11.0 Å². The van der Waals surface area contributed by atoms with Crippen molar-refractivity contribution >= 4 is 17.6 Å². The lowest BCUT2D eigenvalue weighted by atomic mass is 10.1. The Morgan fingerprint density at radius 3 is 2.53 bits per heavy atom. The quantitative estimate of drug-likeness (QED) is 0.842. The largest absolute Gasteiger partial charge is 0.495 e. The van der Waals surface area contributed by atoms with Crippen molar-refractivity contribution in [3.63, 3.8) is 0 Å². The molecule has 1 aromatic rings. The predicted octanol–water partition coefficient (Wildman–Crippen LogP) is 1.66. The Hall–Kier alpha value is -2.11. The molecule has 1 aromatic carbocycles. The zero-order valence-corrected chi connectivity index (χ0v) is 10.6. The number of carboxylic acids is 1.